The van der Waals surface area contributed by atoms with Crippen LogP contribution in [0.2, 0.25) is 0 Å². The molecule has 3 rings (SSSR count). The molecule has 9 nitrogen and oxygen atoms in total. The topological polar surface area (TPSA) is 112 Å². The normalized spacial score (nSPS) is 28.7. The minimum Gasteiger partial charge on any atom is -0.495 e. The summed E-state index contributed by atoms with van der Waals surface area (Å²) in [6.07, 6.45) is -0.834. The molecule has 162 valence electrons. The molecule has 0 unspecified atom stereocenters. The van der Waals surface area contributed by atoms with E-state index in [0.29, 0.717) is 12.8 Å². The molecule has 1 N–H and O–H groups in total. The molecule has 0 radical (unpaired) electrons. The van der Waals surface area contributed by atoms with Crippen molar-refractivity contribution in [2.75, 3.05) is 34.0 Å². The lowest BCUT2D eigenvalue weighted by molar-refractivity contribution is -0.157. The Labute approximate surface area is 170 Å². The van der Waals surface area contributed by atoms with Crippen molar-refractivity contribution in [3.63, 3.8) is 0 Å². The van der Waals surface area contributed by atoms with Crippen molar-refractivity contribution in [3.8, 4) is 5.75 Å². The van der Waals surface area contributed by atoms with E-state index in [1.807, 2.05) is 0 Å². The maximum absolute atomic E-state index is 13.5. The number of carbonyl (C=O) groups excluding carboxylic acids is 1. The Kier molecular flexibility index (Phi) is 7.12. The second-order valence-corrected chi connectivity index (χ2v) is 9.00. The first-order valence-corrected chi connectivity index (χ1v) is 10.9. The number of aliphatic hydroxyl groups excluding tert-OH is 1. The van der Waals surface area contributed by atoms with E-state index < -0.39 is 28.3 Å². The number of rotatable bonds is 5. The van der Waals surface area contributed by atoms with Crippen LogP contribution in [0.5, 0.6) is 5.75 Å². The molecular weight excluding hydrogens is 402 g/mol. The molecule has 0 aliphatic carbocycles. The number of esters is 1. The molecule has 0 spiro atoms. The van der Waals surface area contributed by atoms with Gasteiger partial charge >= 0.3 is 5.97 Å². The van der Waals surface area contributed by atoms with Gasteiger partial charge in [-0.3, -0.25) is 4.79 Å². The third-order valence-electron chi connectivity index (χ3n) is 5.21. The van der Waals surface area contributed by atoms with E-state index in [9.17, 15) is 18.3 Å². The number of aliphatic hydroxyl groups is 1. The fraction of sp³-hybridized carbons (Fsp3) is 0.632. The summed E-state index contributed by atoms with van der Waals surface area (Å²) in [6, 6.07) is 5.85. The fourth-order valence-electron chi connectivity index (χ4n) is 3.80. The number of sulfonamides is 1. The van der Waals surface area contributed by atoms with Gasteiger partial charge in [-0.05, 0) is 25.0 Å². The van der Waals surface area contributed by atoms with Gasteiger partial charge in [-0.2, -0.15) is 4.31 Å². The van der Waals surface area contributed by atoms with Crippen LogP contribution in [0.15, 0.2) is 29.2 Å². The lowest BCUT2D eigenvalue weighted by Crippen LogP contribution is -2.57. The highest BCUT2D eigenvalue weighted by molar-refractivity contribution is 7.89. The number of nitrogens with zero attached hydrogens (tertiary/aromatic N) is 1. The average molecular weight is 429 g/mol. The number of carbonyl (C=O) groups is 1. The molecule has 1 aromatic carbocycles. The van der Waals surface area contributed by atoms with Gasteiger partial charge in [0, 0.05) is 6.54 Å². The van der Waals surface area contributed by atoms with Crippen LogP contribution in [0.1, 0.15) is 19.3 Å². The third kappa shape index (κ3) is 4.89. The van der Waals surface area contributed by atoms with Crippen molar-refractivity contribution in [3.05, 3.63) is 24.3 Å². The minimum absolute atomic E-state index is 0.00775. The highest BCUT2D eigenvalue weighted by atomic mass is 32.2. The van der Waals surface area contributed by atoms with Crippen LogP contribution in [-0.4, -0.2) is 82.1 Å². The summed E-state index contributed by atoms with van der Waals surface area (Å²) >= 11 is 0. The number of β-amino-alcohol motifs (C(OH)–C–C–N with tert-alkyl or cyclic N) is 1. The maximum atomic E-state index is 13.5. The molecule has 4 atom stereocenters. The first-order chi connectivity index (χ1) is 13.9. The zero-order chi connectivity index (χ0) is 21.0. The molecule has 29 heavy (non-hydrogen) atoms. The molecule has 2 aliphatic heterocycles. The summed E-state index contributed by atoms with van der Waals surface area (Å²) in [5, 5.41) is 10.3. The van der Waals surface area contributed by atoms with E-state index in [1.165, 1.54) is 24.6 Å². The Morgan fingerprint density at radius 3 is 2.72 bits per heavy atom. The molecule has 0 amide bonds. The number of benzene rings is 1. The van der Waals surface area contributed by atoms with Crippen molar-refractivity contribution in [1.82, 2.24) is 4.31 Å². The molecule has 2 fully saturated rings. The Bertz CT molecular complexity index is 814. The Balaban J connectivity index is 1.90. The predicted molar refractivity (Wildman–Crippen MR) is 102 cm³/mol. The Morgan fingerprint density at radius 1 is 1.24 bits per heavy atom. The molecule has 0 saturated carbocycles. The molecule has 0 bridgehead atoms. The SMILES string of the molecule is COC(=O)C[C@H]1CC[C@H]2[C@@H](COC[C@@H](O)CN2S(=O)(=O)c2ccccc2OC)O1. The van der Waals surface area contributed by atoms with E-state index in [-0.39, 0.29) is 48.9 Å². The number of fused-ring (bicyclic) bond motifs is 1. The van der Waals surface area contributed by atoms with E-state index >= 15 is 0 Å². The lowest BCUT2D eigenvalue weighted by atomic mass is 9.96. The summed E-state index contributed by atoms with van der Waals surface area (Å²) in [6.45, 7) is -0.00386. The van der Waals surface area contributed by atoms with Crippen molar-refractivity contribution >= 4 is 16.0 Å². The smallest absolute Gasteiger partial charge is 0.308 e. The van der Waals surface area contributed by atoms with E-state index in [0.717, 1.165) is 0 Å². The van der Waals surface area contributed by atoms with Gasteiger partial charge in [-0.15, -0.1) is 0 Å². The third-order valence-corrected chi connectivity index (χ3v) is 7.14. The van der Waals surface area contributed by atoms with Gasteiger partial charge in [0.1, 0.15) is 10.6 Å². The molecule has 0 aromatic heterocycles. The van der Waals surface area contributed by atoms with Gasteiger partial charge in [0.05, 0.1) is 58.2 Å². The van der Waals surface area contributed by atoms with E-state index in [4.69, 9.17) is 18.9 Å². The highest BCUT2D eigenvalue weighted by Gasteiger charge is 2.43. The average Bonchev–Trinajstić information content (AvgIpc) is 2.71. The minimum atomic E-state index is -3.97. The van der Waals surface area contributed by atoms with E-state index in [2.05, 4.69) is 0 Å². The largest absolute Gasteiger partial charge is 0.495 e. The van der Waals surface area contributed by atoms with Crippen molar-refractivity contribution < 1.29 is 37.3 Å². The Morgan fingerprint density at radius 2 is 2.00 bits per heavy atom. The monoisotopic (exact) mass is 429 g/mol. The van der Waals surface area contributed by atoms with E-state index in [1.54, 1.807) is 18.2 Å². The number of hydrogen-bond acceptors (Lipinski definition) is 8. The first kappa shape index (κ1) is 22.0. The summed E-state index contributed by atoms with van der Waals surface area (Å²) in [4.78, 5) is 11.6. The Hall–Kier alpha value is -1.72. The van der Waals surface area contributed by atoms with Crippen molar-refractivity contribution in [2.24, 2.45) is 0 Å². The van der Waals surface area contributed by atoms with Gasteiger partial charge < -0.3 is 24.1 Å². The van der Waals surface area contributed by atoms with Gasteiger partial charge in [-0.25, -0.2) is 8.42 Å². The molecule has 10 heteroatoms. The standard InChI is InChI=1S/C19H27NO8S/c1-25-16-5-3-4-6-18(16)29(23,24)20-10-13(21)11-27-12-17-15(20)8-7-14(28-17)9-19(22)26-2/h3-6,13-15,17,21H,7-12H2,1-2H3/t13-,14+,15-,17+/m0/s1. The maximum Gasteiger partial charge on any atom is 0.308 e. The van der Waals surface area contributed by atoms with Crippen LogP contribution in [0.25, 0.3) is 0 Å². The molecule has 2 saturated heterocycles. The zero-order valence-corrected chi connectivity index (χ0v) is 17.3. The van der Waals surface area contributed by atoms with Crippen LogP contribution < -0.4 is 4.74 Å². The summed E-state index contributed by atoms with van der Waals surface area (Å²) in [5.41, 5.74) is 0. The van der Waals surface area contributed by atoms with Gasteiger partial charge in [-0.1, -0.05) is 12.1 Å². The summed E-state index contributed by atoms with van der Waals surface area (Å²) in [7, 11) is -1.25. The molecule has 1 aromatic rings. The van der Waals surface area contributed by atoms with Gasteiger partial charge in [0.15, 0.2) is 0 Å². The number of methoxy groups -OCH3 is 2. The number of ether oxygens (including phenoxy) is 4. The number of hydrogen-bond donors (Lipinski definition) is 1. The second kappa shape index (κ2) is 9.40. The zero-order valence-electron chi connectivity index (χ0n) is 16.5. The summed E-state index contributed by atoms with van der Waals surface area (Å²) in [5.74, 6) is -0.147. The second-order valence-electron chi connectivity index (χ2n) is 7.14. The quantitative estimate of drug-likeness (QED) is 0.676. The van der Waals surface area contributed by atoms with Crippen LogP contribution in [0.4, 0.5) is 0 Å². The molecular formula is C19H27NO8S. The van der Waals surface area contributed by atoms with Crippen molar-refractivity contribution in [1.29, 1.82) is 0 Å². The van der Waals surface area contributed by atoms with Gasteiger partial charge in [0.2, 0.25) is 10.0 Å². The highest BCUT2D eigenvalue weighted by Crippen LogP contribution is 2.34. The lowest BCUT2D eigenvalue weighted by Gasteiger charge is -2.43. The summed E-state index contributed by atoms with van der Waals surface area (Å²) < 4.78 is 49.8. The van der Waals surface area contributed by atoms with Gasteiger partial charge in [0.25, 0.3) is 0 Å². The molecule has 2 heterocycles. The van der Waals surface area contributed by atoms with Crippen LogP contribution >= 0.6 is 0 Å². The predicted octanol–water partition coefficient (Wildman–Crippen LogP) is 0.556. The van der Waals surface area contributed by atoms with Crippen LogP contribution in [0.3, 0.4) is 0 Å². The first-order valence-electron chi connectivity index (χ1n) is 9.49. The van der Waals surface area contributed by atoms with Crippen LogP contribution in [-0.2, 0) is 29.0 Å². The number of para-hydroxylation sites is 1. The molecule has 2 aliphatic rings. The van der Waals surface area contributed by atoms with Crippen LogP contribution in [0, 0.1) is 0 Å². The van der Waals surface area contributed by atoms with Crippen molar-refractivity contribution in [2.45, 2.75) is 48.5 Å². The fourth-order valence-corrected chi connectivity index (χ4v) is 5.67.